The molecule has 0 aliphatic heterocycles. The predicted molar refractivity (Wildman–Crippen MR) is 70.1 cm³/mol. The lowest BCUT2D eigenvalue weighted by molar-refractivity contribution is 0.0944. The number of hydrogen-bond donors (Lipinski definition) is 2. The van der Waals surface area contributed by atoms with E-state index in [0.29, 0.717) is 24.8 Å². The molecule has 1 heterocycles. The number of rotatable bonds is 8. The van der Waals surface area contributed by atoms with Gasteiger partial charge < -0.3 is 9.26 Å². The highest BCUT2D eigenvalue weighted by molar-refractivity contribution is 5.91. The summed E-state index contributed by atoms with van der Waals surface area (Å²) >= 11 is 0. The third-order valence-corrected chi connectivity index (χ3v) is 2.54. The number of ether oxygens (including phenoxy) is 1. The molecule has 0 atom stereocenters. The summed E-state index contributed by atoms with van der Waals surface area (Å²) in [7, 11) is 1.67. The second-order valence-corrected chi connectivity index (χ2v) is 4.77. The number of methoxy groups -OCH3 is 1. The molecule has 3 N–H and O–H groups in total. The molecule has 0 unspecified atom stereocenters. The van der Waals surface area contributed by atoms with Gasteiger partial charge in [0.1, 0.15) is 0 Å². The molecule has 0 fully saturated rings. The molecule has 0 spiro atoms. The van der Waals surface area contributed by atoms with E-state index in [9.17, 15) is 4.79 Å². The summed E-state index contributed by atoms with van der Waals surface area (Å²) in [6.07, 6.45) is 0. The largest absolute Gasteiger partial charge is 0.383 e. The SMILES string of the molecule is COCCN(Cc1cc(C(=O)NN)no1)CC(C)C. The minimum Gasteiger partial charge on any atom is -0.383 e. The number of carbonyl (C=O) groups excluding carboxylic acids is 1. The van der Waals surface area contributed by atoms with Gasteiger partial charge in [-0.25, -0.2) is 5.84 Å². The Kier molecular flexibility index (Phi) is 6.48. The predicted octanol–water partition coefficient (Wildman–Crippen LogP) is 0.383. The van der Waals surface area contributed by atoms with Gasteiger partial charge in [0.2, 0.25) is 0 Å². The molecule has 0 radical (unpaired) electrons. The van der Waals surface area contributed by atoms with Crippen LogP contribution in [-0.2, 0) is 11.3 Å². The first-order valence-corrected chi connectivity index (χ1v) is 6.24. The summed E-state index contributed by atoms with van der Waals surface area (Å²) in [5.41, 5.74) is 2.21. The van der Waals surface area contributed by atoms with E-state index in [2.05, 4.69) is 23.9 Å². The highest BCUT2D eigenvalue weighted by Gasteiger charge is 2.14. The molecule has 7 heteroatoms. The van der Waals surface area contributed by atoms with Crippen LogP contribution >= 0.6 is 0 Å². The first kappa shape index (κ1) is 15.6. The molecule has 0 aliphatic carbocycles. The molecule has 1 aromatic heterocycles. The van der Waals surface area contributed by atoms with E-state index >= 15 is 0 Å². The number of carbonyl (C=O) groups is 1. The van der Waals surface area contributed by atoms with Crippen LogP contribution in [0.15, 0.2) is 10.6 Å². The van der Waals surface area contributed by atoms with Crippen molar-refractivity contribution in [1.29, 1.82) is 0 Å². The third-order valence-electron chi connectivity index (χ3n) is 2.54. The maximum Gasteiger partial charge on any atom is 0.287 e. The van der Waals surface area contributed by atoms with E-state index in [1.54, 1.807) is 13.2 Å². The van der Waals surface area contributed by atoms with Crippen molar-refractivity contribution in [3.63, 3.8) is 0 Å². The smallest absolute Gasteiger partial charge is 0.287 e. The normalized spacial score (nSPS) is 11.3. The second-order valence-electron chi connectivity index (χ2n) is 4.77. The number of aromatic nitrogens is 1. The molecule has 0 aromatic carbocycles. The number of nitrogens with one attached hydrogen (secondary N) is 1. The molecule has 19 heavy (non-hydrogen) atoms. The maximum absolute atomic E-state index is 11.3. The van der Waals surface area contributed by atoms with E-state index in [4.69, 9.17) is 15.1 Å². The molecule has 1 amide bonds. The van der Waals surface area contributed by atoms with E-state index < -0.39 is 5.91 Å². The molecule has 0 bridgehead atoms. The molecule has 0 aliphatic rings. The number of nitrogen functional groups attached to an aromatic ring is 1. The molecule has 7 nitrogen and oxygen atoms in total. The molecular weight excluding hydrogens is 248 g/mol. The Morgan fingerprint density at radius 2 is 2.37 bits per heavy atom. The van der Waals surface area contributed by atoms with Gasteiger partial charge in [0.05, 0.1) is 13.2 Å². The minimum absolute atomic E-state index is 0.189. The lowest BCUT2D eigenvalue weighted by atomic mass is 10.2. The lowest BCUT2D eigenvalue weighted by Gasteiger charge is -2.22. The van der Waals surface area contributed by atoms with E-state index in [1.165, 1.54) is 0 Å². The van der Waals surface area contributed by atoms with Crippen molar-refractivity contribution >= 4 is 5.91 Å². The van der Waals surface area contributed by atoms with Crippen LogP contribution in [0, 0.1) is 5.92 Å². The van der Waals surface area contributed by atoms with Crippen molar-refractivity contribution in [2.45, 2.75) is 20.4 Å². The monoisotopic (exact) mass is 270 g/mol. The summed E-state index contributed by atoms with van der Waals surface area (Å²) in [5.74, 6) is 5.75. The zero-order valence-electron chi connectivity index (χ0n) is 11.7. The van der Waals surface area contributed by atoms with Gasteiger partial charge in [-0.2, -0.15) is 0 Å². The van der Waals surface area contributed by atoms with Gasteiger partial charge in [0, 0.05) is 26.3 Å². The molecular formula is C12H22N4O3. The maximum atomic E-state index is 11.3. The number of amides is 1. The van der Waals surface area contributed by atoms with Crippen molar-refractivity contribution < 1.29 is 14.1 Å². The Balaban J connectivity index is 2.61. The van der Waals surface area contributed by atoms with Crippen molar-refractivity contribution in [3.8, 4) is 0 Å². The summed E-state index contributed by atoms with van der Waals surface area (Å²) in [4.78, 5) is 13.5. The van der Waals surface area contributed by atoms with Crippen LogP contribution in [0.4, 0.5) is 0 Å². The molecule has 1 aromatic rings. The highest BCUT2D eigenvalue weighted by Crippen LogP contribution is 2.09. The van der Waals surface area contributed by atoms with Crippen molar-refractivity contribution in [2.75, 3.05) is 26.8 Å². The Morgan fingerprint density at radius 1 is 1.63 bits per heavy atom. The van der Waals surface area contributed by atoms with Gasteiger partial charge in [-0.1, -0.05) is 19.0 Å². The van der Waals surface area contributed by atoms with E-state index in [1.807, 2.05) is 5.43 Å². The summed E-state index contributed by atoms with van der Waals surface area (Å²) in [6.45, 7) is 7.25. The van der Waals surface area contributed by atoms with E-state index in [0.717, 1.165) is 13.1 Å². The van der Waals surface area contributed by atoms with Crippen LogP contribution in [0.3, 0.4) is 0 Å². The number of hydrogen-bond acceptors (Lipinski definition) is 6. The summed E-state index contributed by atoms with van der Waals surface area (Å²) in [6, 6.07) is 1.60. The fraction of sp³-hybridized carbons (Fsp3) is 0.667. The van der Waals surface area contributed by atoms with Gasteiger partial charge in [0.25, 0.3) is 5.91 Å². The second kappa shape index (κ2) is 7.88. The lowest BCUT2D eigenvalue weighted by Crippen LogP contribution is -2.31. The van der Waals surface area contributed by atoms with Crippen LogP contribution in [0.25, 0.3) is 0 Å². The first-order chi connectivity index (χ1) is 9.06. The number of hydrazine groups is 1. The zero-order valence-corrected chi connectivity index (χ0v) is 11.7. The van der Waals surface area contributed by atoms with Gasteiger partial charge in [0.15, 0.2) is 11.5 Å². The van der Waals surface area contributed by atoms with Gasteiger partial charge >= 0.3 is 0 Å². The third kappa shape index (κ3) is 5.37. The Morgan fingerprint density at radius 3 is 2.95 bits per heavy atom. The topological polar surface area (TPSA) is 93.6 Å². The molecule has 0 saturated carbocycles. The first-order valence-electron chi connectivity index (χ1n) is 6.24. The quantitative estimate of drug-likeness (QED) is 0.403. The number of nitrogens with zero attached hydrogens (tertiary/aromatic N) is 2. The van der Waals surface area contributed by atoms with E-state index in [-0.39, 0.29) is 5.69 Å². The van der Waals surface area contributed by atoms with Crippen molar-refractivity contribution in [2.24, 2.45) is 11.8 Å². The molecule has 1 rings (SSSR count). The van der Waals surface area contributed by atoms with Gasteiger partial charge in [-0.3, -0.25) is 15.1 Å². The van der Waals surface area contributed by atoms with Gasteiger partial charge in [-0.05, 0) is 5.92 Å². The van der Waals surface area contributed by atoms with Crippen LogP contribution in [0.1, 0.15) is 30.1 Å². The molecule has 0 saturated heterocycles. The average molecular weight is 270 g/mol. The fourth-order valence-corrected chi connectivity index (χ4v) is 1.76. The van der Waals surface area contributed by atoms with Gasteiger partial charge in [-0.15, -0.1) is 0 Å². The van der Waals surface area contributed by atoms with Crippen LogP contribution < -0.4 is 11.3 Å². The van der Waals surface area contributed by atoms with Crippen LogP contribution in [0.2, 0.25) is 0 Å². The summed E-state index contributed by atoms with van der Waals surface area (Å²) < 4.78 is 10.2. The Labute approximate surface area is 113 Å². The van der Waals surface area contributed by atoms with Crippen molar-refractivity contribution in [1.82, 2.24) is 15.5 Å². The number of nitrogens with two attached hydrogens (primary N) is 1. The van der Waals surface area contributed by atoms with Crippen molar-refractivity contribution in [3.05, 3.63) is 17.5 Å². The summed E-state index contributed by atoms with van der Waals surface area (Å²) in [5, 5.41) is 3.67. The average Bonchev–Trinajstić information content (AvgIpc) is 2.82. The zero-order chi connectivity index (χ0) is 14.3. The Bertz CT molecular complexity index is 392. The fourth-order valence-electron chi connectivity index (χ4n) is 1.76. The highest BCUT2D eigenvalue weighted by atomic mass is 16.5. The standard InChI is InChI=1S/C12H22N4O3/c1-9(2)7-16(4-5-18-3)8-10-6-11(15-19-10)12(17)14-13/h6,9H,4-5,7-8,13H2,1-3H3,(H,14,17). The van der Waals surface area contributed by atoms with Crippen LogP contribution in [-0.4, -0.2) is 42.8 Å². The van der Waals surface area contributed by atoms with Crippen LogP contribution in [0.5, 0.6) is 0 Å². The minimum atomic E-state index is -0.456. The molecule has 108 valence electrons. The Hall–Kier alpha value is -1.44.